The van der Waals surface area contributed by atoms with E-state index < -0.39 is 0 Å². The normalized spacial score (nSPS) is 37.9. The summed E-state index contributed by atoms with van der Waals surface area (Å²) in [6.07, 6.45) is 2.62. The quantitative estimate of drug-likeness (QED) is 0.615. The number of hydrogen-bond acceptors (Lipinski definition) is 3. The first-order chi connectivity index (χ1) is 5.77. The fourth-order valence-corrected chi connectivity index (χ4v) is 1.61. The highest BCUT2D eigenvalue weighted by Crippen LogP contribution is 2.34. The van der Waals surface area contributed by atoms with Gasteiger partial charge in [0, 0.05) is 6.54 Å². The van der Waals surface area contributed by atoms with Crippen molar-refractivity contribution in [2.24, 2.45) is 5.92 Å². The number of ether oxygens (including phenoxy) is 1. The standard InChI is InChI=1S/C9H15NO2/c1-6-8(11)4-10-5-9(12-6)7-2-3-7/h6-7,9-10H,2-5H2,1H3. The van der Waals surface area contributed by atoms with Gasteiger partial charge < -0.3 is 10.1 Å². The first-order valence-corrected chi connectivity index (χ1v) is 4.66. The Balaban J connectivity index is 1.95. The molecule has 0 aromatic heterocycles. The molecule has 0 aromatic carbocycles. The fourth-order valence-electron chi connectivity index (χ4n) is 1.61. The van der Waals surface area contributed by atoms with Crippen molar-refractivity contribution >= 4 is 5.78 Å². The molecule has 1 aliphatic carbocycles. The fraction of sp³-hybridized carbons (Fsp3) is 0.889. The molecule has 3 heteroatoms. The second kappa shape index (κ2) is 3.15. The lowest BCUT2D eigenvalue weighted by molar-refractivity contribution is -0.129. The molecule has 1 aliphatic heterocycles. The van der Waals surface area contributed by atoms with Crippen LogP contribution in [0.5, 0.6) is 0 Å². The van der Waals surface area contributed by atoms with Crippen molar-refractivity contribution in [2.45, 2.75) is 32.0 Å². The predicted octanol–water partition coefficient (Wildman–Crippen LogP) is 0.342. The molecule has 0 spiro atoms. The van der Waals surface area contributed by atoms with Gasteiger partial charge in [0.25, 0.3) is 0 Å². The maximum atomic E-state index is 11.2. The van der Waals surface area contributed by atoms with Gasteiger partial charge in [0.15, 0.2) is 5.78 Å². The van der Waals surface area contributed by atoms with E-state index in [2.05, 4.69) is 5.32 Å². The van der Waals surface area contributed by atoms with Crippen LogP contribution in [0.2, 0.25) is 0 Å². The first kappa shape index (κ1) is 8.20. The van der Waals surface area contributed by atoms with Gasteiger partial charge in [0.2, 0.25) is 0 Å². The second-order valence-corrected chi connectivity index (χ2v) is 3.75. The molecule has 2 aliphatic rings. The monoisotopic (exact) mass is 169 g/mol. The summed E-state index contributed by atoms with van der Waals surface area (Å²) in [5, 5.41) is 3.12. The van der Waals surface area contributed by atoms with E-state index in [9.17, 15) is 4.79 Å². The van der Waals surface area contributed by atoms with E-state index >= 15 is 0 Å². The highest BCUT2D eigenvalue weighted by molar-refractivity contribution is 5.84. The smallest absolute Gasteiger partial charge is 0.174 e. The van der Waals surface area contributed by atoms with Gasteiger partial charge in [-0.1, -0.05) is 0 Å². The van der Waals surface area contributed by atoms with Gasteiger partial charge in [0.1, 0.15) is 6.10 Å². The van der Waals surface area contributed by atoms with Gasteiger partial charge in [-0.2, -0.15) is 0 Å². The molecule has 1 heterocycles. The van der Waals surface area contributed by atoms with E-state index in [0.717, 1.165) is 6.54 Å². The number of carbonyl (C=O) groups excluding carboxylic acids is 1. The van der Waals surface area contributed by atoms with Crippen molar-refractivity contribution in [1.29, 1.82) is 0 Å². The van der Waals surface area contributed by atoms with Crippen LogP contribution < -0.4 is 5.32 Å². The molecule has 0 amide bonds. The second-order valence-electron chi connectivity index (χ2n) is 3.75. The Kier molecular flexibility index (Phi) is 2.15. The van der Waals surface area contributed by atoms with Crippen LogP contribution in [0.15, 0.2) is 0 Å². The molecule has 1 saturated heterocycles. The van der Waals surface area contributed by atoms with E-state index in [4.69, 9.17) is 4.74 Å². The lowest BCUT2D eigenvalue weighted by Crippen LogP contribution is -2.28. The van der Waals surface area contributed by atoms with E-state index in [-0.39, 0.29) is 18.0 Å². The van der Waals surface area contributed by atoms with Gasteiger partial charge in [-0.3, -0.25) is 4.79 Å². The summed E-state index contributed by atoms with van der Waals surface area (Å²) in [5.41, 5.74) is 0. The predicted molar refractivity (Wildman–Crippen MR) is 44.9 cm³/mol. The van der Waals surface area contributed by atoms with E-state index in [1.807, 2.05) is 6.92 Å². The Labute approximate surface area is 72.5 Å². The number of Topliss-reactive ketones (excluding diaryl/α,β-unsaturated/α-hetero) is 1. The van der Waals surface area contributed by atoms with Crippen molar-refractivity contribution in [2.75, 3.05) is 13.1 Å². The molecule has 2 atom stereocenters. The molecule has 12 heavy (non-hydrogen) atoms. The van der Waals surface area contributed by atoms with Crippen LogP contribution in [0.3, 0.4) is 0 Å². The summed E-state index contributed by atoms with van der Waals surface area (Å²) >= 11 is 0. The maximum absolute atomic E-state index is 11.2. The summed E-state index contributed by atoms with van der Waals surface area (Å²) in [4.78, 5) is 11.2. The largest absolute Gasteiger partial charge is 0.366 e. The van der Waals surface area contributed by atoms with Gasteiger partial charge in [0.05, 0.1) is 12.6 Å². The molecule has 1 saturated carbocycles. The Bertz CT molecular complexity index is 189. The Morgan fingerprint density at radius 3 is 2.92 bits per heavy atom. The van der Waals surface area contributed by atoms with E-state index in [1.165, 1.54) is 12.8 Å². The molecule has 1 N–H and O–H groups in total. The van der Waals surface area contributed by atoms with E-state index in [0.29, 0.717) is 12.5 Å². The topological polar surface area (TPSA) is 38.3 Å². The minimum atomic E-state index is -0.203. The first-order valence-electron chi connectivity index (χ1n) is 4.66. The van der Waals surface area contributed by atoms with Gasteiger partial charge in [-0.25, -0.2) is 0 Å². The summed E-state index contributed by atoms with van der Waals surface area (Å²) in [5.74, 6) is 0.893. The molecule has 0 aromatic rings. The van der Waals surface area contributed by atoms with Crippen LogP contribution in [0, 0.1) is 5.92 Å². The summed E-state index contributed by atoms with van der Waals surface area (Å²) in [6.45, 7) is 3.18. The third-order valence-electron chi connectivity index (χ3n) is 2.62. The minimum absolute atomic E-state index is 0.179. The third kappa shape index (κ3) is 1.67. The Hall–Kier alpha value is -0.410. The summed E-state index contributed by atoms with van der Waals surface area (Å²) in [6, 6.07) is 0. The van der Waals surface area contributed by atoms with Crippen LogP contribution in [-0.4, -0.2) is 31.1 Å². The van der Waals surface area contributed by atoms with Crippen LogP contribution >= 0.6 is 0 Å². The average Bonchev–Trinajstić information content (AvgIpc) is 2.82. The van der Waals surface area contributed by atoms with Crippen LogP contribution in [0.1, 0.15) is 19.8 Å². The van der Waals surface area contributed by atoms with Crippen LogP contribution in [0.25, 0.3) is 0 Å². The van der Waals surface area contributed by atoms with Crippen molar-refractivity contribution in [3.63, 3.8) is 0 Å². The number of ketones is 1. The van der Waals surface area contributed by atoms with Crippen molar-refractivity contribution in [1.82, 2.24) is 5.32 Å². The van der Waals surface area contributed by atoms with Crippen molar-refractivity contribution in [3.05, 3.63) is 0 Å². The van der Waals surface area contributed by atoms with Crippen molar-refractivity contribution < 1.29 is 9.53 Å². The zero-order valence-electron chi connectivity index (χ0n) is 7.38. The highest BCUT2D eigenvalue weighted by atomic mass is 16.5. The lowest BCUT2D eigenvalue weighted by Gasteiger charge is -2.16. The molecule has 0 bridgehead atoms. The van der Waals surface area contributed by atoms with Gasteiger partial charge in [-0.15, -0.1) is 0 Å². The minimum Gasteiger partial charge on any atom is -0.366 e. The molecule has 68 valence electrons. The Morgan fingerprint density at radius 1 is 1.50 bits per heavy atom. The molecule has 2 unspecified atom stereocenters. The Morgan fingerprint density at radius 2 is 2.25 bits per heavy atom. The molecule has 3 nitrogen and oxygen atoms in total. The maximum Gasteiger partial charge on any atom is 0.174 e. The van der Waals surface area contributed by atoms with Crippen LogP contribution in [-0.2, 0) is 9.53 Å². The molecule has 0 radical (unpaired) electrons. The summed E-state index contributed by atoms with van der Waals surface area (Å²) in [7, 11) is 0. The van der Waals surface area contributed by atoms with Crippen molar-refractivity contribution in [3.8, 4) is 0 Å². The lowest BCUT2D eigenvalue weighted by atomic mass is 10.2. The zero-order valence-corrected chi connectivity index (χ0v) is 7.38. The number of hydrogen-bond donors (Lipinski definition) is 1. The molecular formula is C9H15NO2. The van der Waals surface area contributed by atoms with E-state index in [1.54, 1.807) is 0 Å². The highest BCUT2D eigenvalue weighted by Gasteiger charge is 2.35. The SMILES string of the molecule is CC1OC(C2CC2)CNCC1=O. The van der Waals surface area contributed by atoms with Gasteiger partial charge in [-0.05, 0) is 25.7 Å². The zero-order chi connectivity index (χ0) is 8.55. The average molecular weight is 169 g/mol. The molecular weight excluding hydrogens is 154 g/mol. The number of nitrogens with one attached hydrogen (secondary N) is 1. The van der Waals surface area contributed by atoms with Crippen LogP contribution in [0.4, 0.5) is 0 Å². The molecule has 2 rings (SSSR count). The van der Waals surface area contributed by atoms with Gasteiger partial charge >= 0.3 is 0 Å². The number of carbonyl (C=O) groups is 1. The summed E-state index contributed by atoms with van der Waals surface area (Å²) < 4.78 is 5.64. The number of rotatable bonds is 1. The third-order valence-corrected chi connectivity index (χ3v) is 2.62. The molecule has 2 fully saturated rings.